The summed E-state index contributed by atoms with van der Waals surface area (Å²) in [5.74, 6) is -0.733. The molecule has 0 aromatic heterocycles. The first-order chi connectivity index (χ1) is 5.99. The van der Waals surface area contributed by atoms with Crippen LogP contribution >= 0.6 is 0 Å². The molecule has 0 aliphatic carbocycles. The van der Waals surface area contributed by atoms with E-state index in [1.165, 1.54) is 12.1 Å². The molecule has 0 aliphatic heterocycles. The van der Waals surface area contributed by atoms with Gasteiger partial charge >= 0.3 is 0 Å². The van der Waals surface area contributed by atoms with Crippen LogP contribution < -0.4 is 0 Å². The Kier molecular flexibility index (Phi) is 2.83. The molecule has 0 aliphatic rings. The Balaban J connectivity index is 3.06. The zero-order valence-corrected chi connectivity index (χ0v) is 7.88. The van der Waals surface area contributed by atoms with Crippen molar-refractivity contribution in [3.05, 3.63) is 41.3 Å². The minimum Gasteiger partial charge on any atom is -0.224 e. The summed E-state index contributed by atoms with van der Waals surface area (Å²) in [6, 6.07) is 8.04. The fourth-order valence-electron chi connectivity index (χ4n) is 0.853. The fraction of sp³-hybridized carbons (Fsp3) is 0.111. The van der Waals surface area contributed by atoms with Gasteiger partial charge in [-0.3, -0.25) is 0 Å². The molecular weight excluding hydrogens is 191 g/mol. The molecule has 2 nitrogen and oxygen atoms in total. The van der Waals surface area contributed by atoms with Crippen molar-refractivity contribution < 1.29 is 12.8 Å². The van der Waals surface area contributed by atoms with E-state index in [2.05, 4.69) is 0 Å². The van der Waals surface area contributed by atoms with Crippen LogP contribution in [0.15, 0.2) is 35.7 Å². The highest BCUT2D eigenvalue weighted by molar-refractivity contribution is 7.93. The molecule has 1 aromatic rings. The summed E-state index contributed by atoms with van der Waals surface area (Å²) in [6.45, 7) is 0. The maximum absolute atomic E-state index is 13.1. The molecule has 4 heteroatoms. The van der Waals surface area contributed by atoms with Gasteiger partial charge in [-0.25, -0.2) is 12.8 Å². The second-order valence-electron chi connectivity index (χ2n) is 2.66. The Hall–Kier alpha value is -1.16. The van der Waals surface area contributed by atoms with Gasteiger partial charge < -0.3 is 0 Å². The third-order valence-electron chi connectivity index (χ3n) is 1.37. The molecule has 1 rings (SSSR count). The predicted molar refractivity (Wildman–Crippen MR) is 50.4 cm³/mol. The van der Waals surface area contributed by atoms with Gasteiger partial charge in [0.1, 0.15) is 5.83 Å². The van der Waals surface area contributed by atoms with E-state index in [4.69, 9.17) is 0 Å². The average molecular weight is 200 g/mol. The highest BCUT2D eigenvalue weighted by Crippen LogP contribution is 2.15. The Bertz CT molecular complexity index is 407. The summed E-state index contributed by atoms with van der Waals surface area (Å²) < 4.78 is 34.5. The van der Waals surface area contributed by atoms with Crippen LogP contribution in [0.2, 0.25) is 0 Å². The lowest BCUT2D eigenvalue weighted by Gasteiger charge is -1.95. The summed E-state index contributed by atoms with van der Waals surface area (Å²) >= 11 is 0. The molecule has 0 fully saturated rings. The van der Waals surface area contributed by atoms with Gasteiger partial charge in [0.05, 0.1) is 5.41 Å². The summed E-state index contributed by atoms with van der Waals surface area (Å²) in [7, 11) is -3.41. The van der Waals surface area contributed by atoms with E-state index >= 15 is 0 Å². The van der Waals surface area contributed by atoms with E-state index in [0.29, 0.717) is 5.41 Å². The summed E-state index contributed by atoms with van der Waals surface area (Å²) in [4.78, 5) is 0. The Labute approximate surface area is 76.6 Å². The standard InChI is InChI=1S/C9H9FO2S/c1-13(11,12)7-9(10)8-5-3-2-4-6-8/h2-7H,1H3/b9-7-. The van der Waals surface area contributed by atoms with Gasteiger partial charge in [0.2, 0.25) is 0 Å². The normalized spacial score (nSPS) is 12.9. The topological polar surface area (TPSA) is 34.1 Å². The lowest BCUT2D eigenvalue weighted by atomic mass is 10.2. The van der Waals surface area contributed by atoms with Crippen molar-refractivity contribution in [2.24, 2.45) is 0 Å². The maximum atomic E-state index is 13.1. The molecule has 0 heterocycles. The van der Waals surface area contributed by atoms with Crippen LogP contribution in [0, 0.1) is 0 Å². The van der Waals surface area contributed by atoms with Crippen LogP contribution in [0.25, 0.3) is 5.83 Å². The van der Waals surface area contributed by atoms with Crippen molar-refractivity contribution >= 4 is 15.7 Å². The van der Waals surface area contributed by atoms with Gasteiger partial charge in [-0.05, 0) is 0 Å². The van der Waals surface area contributed by atoms with Gasteiger partial charge in [-0.1, -0.05) is 30.3 Å². The molecule has 0 unspecified atom stereocenters. The lowest BCUT2D eigenvalue weighted by molar-refractivity contribution is 0.609. The van der Waals surface area contributed by atoms with Gasteiger partial charge in [0.15, 0.2) is 9.84 Å². The summed E-state index contributed by atoms with van der Waals surface area (Å²) in [5.41, 5.74) is 0.271. The van der Waals surface area contributed by atoms with Gasteiger partial charge in [-0.15, -0.1) is 0 Å². The average Bonchev–Trinajstić information content (AvgIpc) is 2.03. The molecule has 0 atom stereocenters. The fourth-order valence-corrected chi connectivity index (χ4v) is 1.37. The van der Waals surface area contributed by atoms with Crippen molar-refractivity contribution in [3.63, 3.8) is 0 Å². The molecule has 1 aromatic carbocycles. The summed E-state index contributed by atoms with van der Waals surface area (Å²) in [5, 5.41) is 0.613. The van der Waals surface area contributed by atoms with Crippen LogP contribution in [0.4, 0.5) is 4.39 Å². The second kappa shape index (κ2) is 3.70. The lowest BCUT2D eigenvalue weighted by Crippen LogP contribution is -1.90. The third-order valence-corrected chi connectivity index (χ3v) is 2.00. The number of hydrogen-bond donors (Lipinski definition) is 0. The highest BCUT2D eigenvalue weighted by Gasteiger charge is 2.03. The zero-order valence-electron chi connectivity index (χ0n) is 7.07. The zero-order chi connectivity index (χ0) is 9.90. The van der Waals surface area contributed by atoms with Crippen molar-refractivity contribution in [1.82, 2.24) is 0 Å². The monoisotopic (exact) mass is 200 g/mol. The Morgan fingerprint density at radius 1 is 1.31 bits per heavy atom. The minimum atomic E-state index is -3.41. The smallest absolute Gasteiger partial charge is 0.171 e. The summed E-state index contributed by atoms with van der Waals surface area (Å²) in [6.07, 6.45) is 0.954. The van der Waals surface area contributed by atoms with Gasteiger partial charge in [0, 0.05) is 11.8 Å². The number of hydrogen-bond acceptors (Lipinski definition) is 2. The van der Waals surface area contributed by atoms with Crippen LogP contribution in [0.1, 0.15) is 5.56 Å². The van der Waals surface area contributed by atoms with Crippen LogP contribution in [-0.2, 0) is 9.84 Å². The number of benzene rings is 1. The molecule has 13 heavy (non-hydrogen) atoms. The Morgan fingerprint density at radius 3 is 2.31 bits per heavy atom. The van der Waals surface area contributed by atoms with E-state index in [-0.39, 0.29) is 5.56 Å². The molecule has 0 N–H and O–H groups in total. The molecule has 70 valence electrons. The van der Waals surface area contributed by atoms with Crippen LogP contribution in [0.3, 0.4) is 0 Å². The van der Waals surface area contributed by atoms with E-state index < -0.39 is 15.7 Å². The molecule has 0 radical (unpaired) electrons. The first kappa shape index (κ1) is 9.92. The predicted octanol–water partition coefficient (Wildman–Crippen LogP) is 2.00. The molecule has 0 saturated carbocycles. The molecule has 0 bridgehead atoms. The molecule has 0 amide bonds. The van der Waals surface area contributed by atoms with Crippen molar-refractivity contribution in [3.8, 4) is 0 Å². The van der Waals surface area contributed by atoms with E-state index in [1.54, 1.807) is 18.2 Å². The van der Waals surface area contributed by atoms with Gasteiger partial charge in [0.25, 0.3) is 0 Å². The first-order valence-electron chi connectivity index (χ1n) is 3.62. The first-order valence-corrected chi connectivity index (χ1v) is 5.57. The molecular formula is C9H9FO2S. The van der Waals surface area contributed by atoms with Crippen molar-refractivity contribution in [1.29, 1.82) is 0 Å². The van der Waals surface area contributed by atoms with E-state index in [0.717, 1.165) is 6.26 Å². The van der Waals surface area contributed by atoms with Gasteiger partial charge in [-0.2, -0.15) is 0 Å². The molecule has 0 spiro atoms. The number of halogens is 1. The second-order valence-corrected chi connectivity index (χ2v) is 4.56. The van der Waals surface area contributed by atoms with E-state index in [1.807, 2.05) is 0 Å². The minimum absolute atomic E-state index is 0.271. The maximum Gasteiger partial charge on any atom is 0.171 e. The van der Waals surface area contributed by atoms with Crippen LogP contribution in [-0.4, -0.2) is 14.7 Å². The number of rotatable bonds is 2. The Morgan fingerprint density at radius 2 is 1.85 bits per heavy atom. The third kappa shape index (κ3) is 3.38. The quantitative estimate of drug-likeness (QED) is 0.731. The SMILES string of the molecule is CS(=O)(=O)/C=C(\F)c1ccccc1. The van der Waals surface area contributed by atoms with E-state index in [9.17, 15) is 12.8 Å². The largest absolute Gasteiger partial charge is 0.224 e. The van der Waals surface area contributed by atoms with Crippen LogP contribution in [0.5, 0.6) is 0 Å². The van der Waals surface area contributed by atoms with Crippen molar-refractivity contribution in [2.75, 3.05) is 6.26 Å². The number of sulfone groups is 1. The molecule has 0 saturated heterocycles. The van der Waals surface area contributed by atoms with Crippen molar-refractivity contribution in [2.45, 2.75) is 0 Å². The highest BCUT2D eigenvalue weighted by atomic mass is 32.2.